The second-order valence-electron chi connectivity index (χ2n) is 9.64. The van der Waals surface area contributed by atoms with Crippen molar-refractivity contribution in [3.8, 4) is 28.7 Å². The molecular weight excluding hydrogens is 496 g/mol. The van der Waals surface area contributed by atoms with Crippen LogP contribution in [0.1, 0.15) is 0 Å². The van der Waals surface area contributed by atoms with Gasteiger partial charge in [0, 0.05) is 32.7 Å². The smallest absolute Gasteiger partial charge is 0.344 e. The van der Waals surface area contributed by atoms with Crippen molar-refractivity contribution in [2.24, 2.45) is 0 Å². The Morgan fingerprint density at radius 1 is 0.500 bits per heavy atom. The molecular formula is C34H20N4O2. The van der Waals surface area contributed by atoms with Gasteiger partial charge in [-0.25, -0.2) is 9.78 Å². The van der Waals surface area contributed by atoms with Crippen LogP contribution in [0, 0.1) is 0 Å². The first-order valence-electron chi connectivity index (χ1n) is 13.0. The molecule has 5 aromatic carbocycles. The van der Waals surface area contributed by atoms with Crippen LogP contribution in [-0.2, 0) is 0 Å². The maximum atomic E-state index is 12.8. The van der Waals surface area contributed by atoms with Gasteiger partial charge in [0.2, 0.25) is 5.95 Å². The van der Waals surface area contributed by atoms with E-state index in [1.165, 1.54) is 0 Å². The Morgan fingerprint density at radius 2 is 1.07 bits per heavy atom. The SMILES string of the molecule is O=c1oc2ccc3c(c4ccccc4n3-c3nc(-c4ccccc4)nc(-c4ccccc4)n3)c2c2ccccc12. The van der Waals surface area contributed by atoms with E-state index >= 15 is 0 Å². The minimum absolute atomic E-state index is 0.344. The number of para-hydroxylation sites is 1. The third kappa shape index (κ3) is 3.36. The van der Waals surface area contributed by atoms with Crippen molar-refractivity contribution in [1.82, 2.24) is 19.5 Å². The first-order chi connectivity index (χ1) is 19.8. The first-order valence-corrected chi connectivity index (χ1v) is 13.0. The molecule has 0 aliphatic carbocycles. The van der Waals surface area contributed by atoms with Crippen molar-refractivity contribution >= 4 is 43.5 Å². The van der Waals surface area contributed by atoms with Crippen LogP contribution >= 0.6 is 0 Å². The molecule has 3 heterocycles. The van der Waals surface area contributed by atoms with Gasteiger partial charge in [0.05, 0.1) is 16.4 Å². The summed E-state index contributed by atoms with van der Waals surface area (Å²) in [4.78, 5) is 27.6. The van der Waals surface area contributed by atoms with E-state index in [0.717, 1.165) is 43.7 Å². The largest absolute Gasteiger partial charge is 0.422 e. The number of fused-ring (bicyclic) bond motifs is 7. The van der Waals surface area contributed by atoms with Crippen molar-refractivity contribution in [3.05, 3.63) is 132 Å². The number of hydrogen-bond donors (Lipinski definition) is 0. The molecule has 0 saturated heterocycles. The fraction of sp³-hybridized carbons (Fsp3) is 0. The highest BCUT2D eigenvalue weighted by molar-refractivity contribution is 6.26. The van der Waals surface area contributed by atoms with E-state index in [1.54, 1.807) is 0 Å². The first kappa shape index (κ1) is 22.4. The van der Waals surface area contributed by atoms with Gasteiger partial charge in [-0.15, -0.1) is 0 Å². The topological polar surface area (TPSA) is 73.8 Å². The molecule has 8 rings (SSSR count). The molecule has 0 fully saturated rings. The summed E-state index contributed by atoms with van der Waals surface area (Å²) in [6, 6.07) is 39.5. The van der Waals surface area contributed by atoms with Crippen LogP contribution in [0.15, 0.2) is 131 Å². The van der Waals surface area contributed by atoms with Crippen molar-refractivity contribution in [2.75, 3.05) is 0 Å². The van der Waals surface area contributed by atoms with E-state index in [2.05, 4.69) is 16.7 Å². The molecule has 0 N–H and O–H groups in total. The van der Waals surface area contributed by atoms with Crippen molar-refractivity contribution < 1.29 is 4.42 Å². The molecule has 8 aromatic rings. The Morgan fingerprint density at radius 3 is 1.75 bits per heavy atom. The molecule has 3 aromatic heterocycles. The molecule has 0 aliphatic rings. The summed E-state index contributed by atoms with van der Waals surface area (Å²) in [5.74, 6) is 1.69. The summed E-state index contributed by atoms with van der Waals surface area (Å²) >= 11 is 0. The standard InChI is InChI=1S/C34H20N4O2/c39-33-24-16-8-7-15-23(24)30-28(40-33)20-19-27-29(30)25-17-9-10-18-26(25)38(27)34-36-31(21-11-3-1-4-12-21)35-32(37-34)22-13-5-2-6-14-22/h1-20H. The van der Waals surface area contributed by atoms with Gasteiger partial charge in [-0.1, -0.05) is 97.1 Å². The normalized spacial score (nSPS) is 11.6. The highest BCUT2D eigenvalue weighted by atomic mass is 16.4. The van der Waals surface area contributed by atoms with Crippen LogP contribution in [0.25, 0.3) is 72.3 Å². The highest BCUT2D eigenvalue weighted by Crippen LogP contribution is 2.38. The molecule has 6 nitrogen and oxygen atoms in total. The number of aromatic nitrogens is 4. The van der Waals surface area contributed by atoms with Gasteiger partial charge in [-0.2, -0.15) is 9.97 Å². The Kier molecular flexibility index (Phi) is 4.87. The molecule has 0 spiro atoms. The second kappa shape index (κ2) is 8.71. The molecule has 0 aliphatic heterocycles. The molecule has 0 atom stereocenters. The van der Waals surface area contributed by atoms with E-state index in [9.17, 15) is 4.79 Å². The fourth-order valence-corrected chi connectivity index (χ4v) is 5.54. The van der Waals surface area contributed by atoms with E-state index in [1.807, 2.05) is 109 Å². The van der Waals surface area contributed by atoms with Crippen LogP contribution < -0.4 is 5.63 Å². The second-order valence-corrected chi connectivity index (χ2v) is 9.64. The van der Waals surface area contributed by atoms with E-state index in [0.29, 0.717) is 28.6 Å². The Hall–Kier alpha value is -5.62. The molecule has 6 heteroatoms. The summed E-state index contributed by atoms with van der Waals surface area (Å²) in [7, 11) is 0. The van der Waals surface area contributed by atoms with Crippen LogP contribution in [0.3, 0.4) is 0 Å². The third-order valence-corrected chi connectivity index (χ3v) is 7.31. The minimum atomic E-state index is -0.344. The maximum absolute atomic E-state index is 12.8. The minimum Gasteiger partial charge on any atom is -0.422 e. The van der Waals surface area contributed by atoms with Crippen molar-refractivity contribution in [3.63, 3.8) is 0 Å². The lowest BCUT2D eigenvalue weighted by atomic mass is 10.0. The summed E-state index contributed by atoms with van der Waals surface area (Å²) < 4.78 is 7.87. The zero-order chi connectivity index (χ0) is 26.6. The number of hydrogen-bond acceptors (Lipinski definition) is 5. The average molecular weight is 517 g/mol. The molecule has 0 amide bonds. The van der Waals surface area contributed by atoms with Gasteiger partial charge in [0.25, 0.3) is 0 Å². The zero-order valence-electron chi connectivity index (χ0n) is 21.2. The number of nitrogens with zero attached hydrogens (tertiary/aromatic N) is 4. The van der Waals surface area contributed by atoms with E-state index < -0.39 is 0 Å². The number of benzene rings is 5. The third-order valence-electron chi connectivity index (χ3n) is 7.31. The van der Waals surface area contributed by atoms with Gasteiger partial charge in [0.1, 0.15) is 5.58 Å². The Labute approximate surface area is 227 Å². The number of rotatable bonds is 3. The lowest BCUT2D eigenvalue weighted by Gasteiger charge is -2.11. The van der Waals surface area contributed by atoms with Gasteiger partial charge in [-0.3, -0.25) is 4.57 Å². The predicted octanol–water partition coefficient (Wildman–Crippen LogP) is 7.56. The van der Waals surface area contributed by atoms with Gasteiger partial charge in [-0.05, 0) is 24.3 Å². The van der Waals surface area contributed by atoms with Crippen LogP contribution in [0.5, 0.6) is 0 Å². The summed E-state index contributed by atoms with van der Waals surface area (Å²) in [5, 5.41) is 4.30. The fourth-order valence-electron chi connectivity index (χ4n) is 5.54. The van der Waals surface area contributed by atoms with E-state index in [-0.39, 0.29) is 5.63 Å². The Balaban J connectivity index is 1.52. The molecule has 188 valence electrons. The maximum Gasteiger partial charge on any atom is 0.344 e. The molecule has 0 saturated carbocycles. The van der Waals surface area contributed by atoms with Crippen LogP contribution in [0.2, 0.25) is 0 Å². The predicted molar refractivity (Wildman–Crippen MR) is 159 cm³/mol. The van der Waals surface area contributed by atoms with Crippen LogP contribution in [-0.4, -0.2) is 19.5 Å². The van der Waals surface area contributed by atoms with E-state index in [4.69, 9.17) is 19.4 Å². The Bertz CT molecular complexity index is 2230. The lowest BCUT2D eigenvalue weighted by molar-refractivity contribution is 0.570. The van der Waals surface area contributed by atoms with Crippen LogP contribution in [0.4, 0.5) is 0 Å². The average Bonchev–Trinajstić information content (AvgIpc) is 3.36. The summed E-state index contributed by atoms with van der Waals surface area (Å²) in [6.45, 7) is 0. The molecule has 0 bridgehead atoms. The quantitative estimate of drug-likeness (QED) is 0.179. The highest BCUT2D eigenvalue weighted by Gasteiger charge is 2.21. The monoisotopic (exact) mass is 516 g/mol. The molecule has 0 radical (unpaired) electrons. The lowest BCUT2D eigenvalue weighted by Crippen LogP contribution is -2.06. The van der Waals surface area contributed by atoms with Gasteiger partial charge < -0.3 is 4.42 Å². The van der Waals surface area contributed by atoms with Crippen molar-refractivity contribution in [2.45, 2.75) is 0 Å². The van der Waals surface area contributed by atoms with Gasteiger partial charge in [0.15, 0.2) is 11.6 Å². The zero-order valence-corrected chi connectivity index (χ0v) is 21.2. The van der Waals surface area contributed by atoms with Gasteiger partial charge >= 0.3 is 5.63 Å². The van der Waals surface area contributed by atoms with Crippen molar-refractivity contribution in [1.29, 1.82) is 0 Å². The molecule has 40 heavy (non-hydrogen) atoms. The summed E-state index contributed by atoms with van der Waals surface area (Å²) in [6.07, 6.45) is 0. The molecule has 0 unspecified atom stereocenters. The summed E-state index contributed by atoms with van der Waals surface area (Å²) in [5.41, 5.74) is 3.87.